The lowest BCUT2D eigenvalue weighted by atomic mass is 11.9. The Morgan fingerprint density at radius 2 is 1.83 bits per heavy atom. The monoisotopic (exact) mass is 125 g/mol. The highest BCUT2D eigenvalue weighted by Crippen LogP contribution is 1.62. The first kappa shape index (κ1) is 6.00. The standard InChI is InChI=1S/CH3NO2S2/c2-6(3,4)1-5/h1H,(H2,2,3,4). The van der Waals surface area contributed by atoms with Gasteiger partial charge in [0.25, 0.3) is 0 Å². The number of hydrogen-bond donors (Lipinski definition) is 1. The number of primary sulfonamides is 1. The lowest BCUT2D eigenvalue weighted by Gasteiger charge is -1.73. The van der Waals surface area contributed by atoms with Gasteiger partial charge in [-0.3, -0.25) is 0 Å². The Bertz CT molecular complexity index is 122. The van der Waals surface area contributed by atoms with Crippen LogP contribution in [-0.2, 0) is 10.0 Å². The average molecular weight is 125 g/mol. The molecule has 0 aromatic heterocycles. The number of nitrogens with two attached hydrogens (primary N) is 1. The Kier molecular flexibility index (Phi) is 1.63. The SMILES string of the molecule is NS(=O)(=O)C=S. The fourth-order valence-corrected chi connectivity index (χ4v) is 0. The summed E-state index contributed by atoms with van der Waals surface area (Å²) in [5, 5.41) is 4.35. The topological polar surface area (TPSA) is 60.2 Å². The van der Waals surface area contributed by atoms with Gasteiger partial charge in [-0.2, -0.15) is 0 Å². The van der Waals surface area contributed by atoms with Crippen molar-refractivity contribution in [3.63, 3.8) is 0 Å². The zero-order chi connectivity index (χ0) is 5.21. The van der Waals surface area contributed by atoms with Crippen LogP contribution in [0.5, 0.6) is 0 Å². The van der Waals surface area contributed by atoms with Crippen molar-refractivity contribution >= 4 is 26.9 Å². The van der Waals surface area contributed by atoms with Crippen molar-refractivity contribution in [3.8, 4) is 0 Å². The second-order valence-electron chi connectivity index (χ2n) is 0.685. The molecule has 0 aliphatic rings. The molecule has 0 aromatic carbocycles. The van der Waals surface area contributed by atoms with Crippen LogP contribution in [0.1, 0.15) is 0 Å². The first-order valence-corrected chi connectivity index (χ1v) is 3.12. The molecule has 0 atom stereocenters. The first-order chi connectivity index (χ1) is 2.56. The van der Waals surface area contributed by atoms with Crippen molar-refractivity contribution in [1.82, 2.24) is 0 Å². The van der Waals surface area contributed by atoms with Crippen molar-refractivity contribution in [2.75, 3.05) is 0 Å². The highest BCUT2D eigenvalue weighted by Gasteiger charge is 1.87. The summed E-state index contributed by atoms with van der Waals surface area (Å²) in [5.74, 6) is 0. The van der Waals surface area contributed by atoms with E-state index in [9.17, 15) is 8.42 Å². The van der Waals surface area contributed by atoms with E-state index in [4.69, 9.17) is 0 Å². The minimum absolute atomic E-state index is 0.521. The van der Waals surface area contributed by atoms with E-state index in [0.29, 0.717) is 4.70 Å². The largest absolute Gasteiger partial charge is 0.241 e. The van der Waals surface area contributed by atoms with E-state index < -0.39 is 10.0 Å². The Balaban J connectivity index is 4.25. The predicted molar refractivity (Wildman–Crippen MR) is 26.8 cm³/mol. The maximum Gasteiger partial charge on any atom is 0.241 e. The van der Waals surface area contributed by atoms with Gasteiger partial charge in [-0.15, -0.1) is 0 Å². The van der Waals surface area contributed by atoms with E-state index in [0.717, 1.165) is 0 Å². The molecule has 6 heavy (non-hydrogen) atoms. The molecule has 0 saturated carbocycles. The summed E-state index contributed by atoms with van der Waals surface area (Å²) in [6.07, 6.45) is 0. The lowest BCUT2D eigenvalue weighted by Crippen LogP contribution is -2.10. The summed E-state index contributed by atoms with van der Waals surface area (Å²) in [7, 11) is -3.47. The van der Waals surface area contributed by atoms with Gasteiger partial charge in [-0.05, 0) is 0 Å². The van der Waals surface area contributed by atoms with Gasteiger partial charge in [-0.25, -0.2) is 13.6 Å². The van der Waals surface area contributed by atoms with Crippen LogP contribution in [0.15, 0.2) is 0 Å². The molecule has 0 saturated heterocycles. The summed E-state index contributed by atoms with van der Waals surface area (Å²) in [5.41, 5.74) is 0. The highest BCUT2D eigenvalue weighted by molar-refractivity contribution is 8.13. The number of thiocarbonyl (C=S) groups is 1. The quantitative estimate of drug-likeness (QED) is 0.468. The summed E-state index contributed by atoms with van der Waals surface area (Å²) >= 11 is 3.95. The van der Waals surface area contributed by atoms with Crippen LogP contribution in [-0.4, -0.2) is 13.1 Å². The van der Waals surface area contributed by atoms with Gasteiger partial charge in [0.1, 0.15) is 4.70 Å². The van der Waals surface area contributed by atoms with E-state index >= 15 is 0 Å². The Morgan fingerprint density at radius 1 is 1.67 bits per heavy atom. The van der Waals surface area contributed by atoms with Gasteiger partial charge >= 0.3 is 0 Å². The summed E-state index contributed by atoms with van der Waals surface area (Å²) in [6.45, 7) is 0. The molecule has 0 aromatic rings. The van der Waals surface area contributed by atoms with Crippen molar-refractivity contribution in [1.29, 1.82) is 0 Å². The van der Waals surface area contributed by atoms with E-state index in [-0.39, 0.29) is 0 Å². The molecule has 2 N–H and O–H groups in total. The molecular weight excluding hydrogens is 122 g/mol. The summed E-state index contributed by atoms with van der Waals surface area (Å²) < 4.78 is 19.8. The van der Waals surface area contributed by atoms with Gasteiger partial charge in [0.15, 0.2) is 0 Å². The molecule has 3 nitrogen and oxygen atoms in total. The Hall–Kier alpha value is -0.0000000000000000278. The minimum atomic E-state index is -3.47. The predicted octanol–water partition coefficient (Wildman–Crippen LogP) is -0.768. The molecule has 36 valence electrons. The molecule has 0 aliphatic heterocycles. The Morgan fingerprint density at radius 3 is 1.83 bits per heavy atom. The van der Waals surface area contributed by atoms with Crippen molar-refractivity contribution in [2.24, 2.45) is 5.14 Å². The van der Waals surface area contributed by atoms with Gasteiger partial charge in [0.2, 0.25) is 10.0 Å². The second-order valence-corrected chi connectivity index (χ2v) is 2.63. The number of hydrogen-bond acceptors (Lipinski definition) is 3. The zero-order valence-electron chi connectivity index (χ0n) is 2.79. The molecule has 0 rings (SSSR count). The van der Waals surface area contributed by atoms with Gasteiger partial charge in [-0.1, -0.05) is 12.2 Å². The molecule has 0 aliphatic carbocycles. The molecule has 0 fully saturated rings. The molecule has 0 unspecified atom stereocenters. The second kappa shape index (κ2) is 1.63. The fraction of sp³-hybridized carbons (Fsp3) is 0. The van der Waals surface area contributed by atoms with Gasteiger partial charge in [0, 0.05) is 0 Å². The van der Waals surface area contributed by atoms with Crippen LogP contribution in [0.4, 0.5) is 0 Å². The molecule has 0 radical (unpaired) electrons. The van der Waals surface area contributed by atoms with Crippen LogP contribution >= 0.6 is 12.2 Å². The third-order valence-electron chi connectivity index (χ3n) is 0.134. The smallest absolute Gasteiger partial charge is 0.224 e. The minimum Gasteiger partial charge on any atom is -0.224 e. The van der Waals surface area contributed by atoms with Gasteiger partial charge < -0.3 is 0 Å². The van der Waals surface area contributed by atoms with E-state index in [1.54, 1.807) is 0 Å². The maximum absolute atomic E-state index is 9.62. The third kappa shape index (κ3) is 4.00. The van der Waals surface area contributed by atoms with Crippen LogP contribution in [0.2, 0.25) is 0 Å². The molecule has 0 amide bonds. The van der Waals surface area contributed by atoms with Crippen LogP contribution in [0.25, 0.3) is 0 Å². The lowest BCUT2D eigenvalue weighted by molar-refractivity contribution is 0.610. The first-order valence-electron chi connectivity index (χ1n) is 1.04. The number of sulfonamides is 1. The van der Waals surface area contributed by atoms with Crippen molar-refractivity contribution in [3.05, 3.63) is 0 Å². The van der Waals surface area contributed by atoms with Gasteiger partial charge in [0.05, 0.1) is 0 Å². The van der Waals surface area contributed by atoms with Crippen LogP contribution in [0.3, 0.4) is 0 Å². The van der Waals surface area contributed by atoms with Crippen molar-refractivity contribution < 1.29 is 8.42 Å². The average Bonchev–Trinajstić information content (AvgIpc) is 1.35. The number of rotatable bonds is 1. The van der Waals surface area contributed by atoms with E-state index in [2.05, 4.69) is 17.4 Å². The maximum atomic E-state index is 9.62. The third-order valence-corrected chi connectivity index (χ3v) is 1.21. The van der Waals surface area contributed by atoms with Crippen LogP contribution < -0.4 is 5.14 Å². The molecule has 5 heteroatoms. The molecule has 0 heterocycles. The highest BCUT2D eigenvalue weighted by atomic mass is 32.2. The van der Waals surface area contributed by atoms with E-state index in [1.165, 1.54) is 0 Å². The zero-order valence-corrected chi connectivity index (χ0v) is 4.42. The summed E-state index contributed by atoms with van der Waals surface area (Å²) in [6, 6.07) is 0. The Labute approximate surface area is 41.2 Å². The molecular formula is CH3NO2S2. The molecule has 0 spiro atoms. The van der Waals surface area contributed by atoms with E-state index in [1.807, 2.05) is 0 Å². The summed E-state index contributed by atoms with van der Waals surface area (Å²) in [4.78, 5) is 0. The van der Waals surface area contributed by atoms with Crippen LogP contribution in [0, 0.1) is 0 Å². The normalized spacial score (nSPS) is 10.8. The fourth-order valence-electron chi connectivity index (χ4n) is 0. The van der Waals surface area contributed by atoms with Crippen molar-refractivity contribution in [2.45, 2.75) is 0 Å². The molecule has 0 bridgehead atoms.